The summed E-state index contributed by atoms with van der Waals surface area (Å²) in [7, 11) is 0. The minimum absolute atomic E-state index is 0.283. The zero-order valence-electron chi connectivity index (χ0n) is 11.7. The molecule has 2 bridgehead atoms. The van der Waals surface area contributed by atoms with Crippen LogP contribution in [0.3, 0.4) is 0 Å². The number of nitrogens with zero attached hydrogens (tertiary/aromatic N) is 2. The molecule has 4 unspecified atom stereocenters. The van der Waals surface area contributed by atoms with E-state index in [-0.39, 0.29) is 12.2 Å². The number of hydrogen-bond acceptors (Lipinski definition) is 5. The number of hydrogen-bond donors (Lipinski definition) is 1. The van der Waals surface area contributed by atoms with Gasteiger partial charge in [-0.25, -0.2) is 0 Å². The third-order valence-corrected chi connectivity index (χ3v) is 5.25. The van der Waals surface area contributed by atoms with Crippen LogP contribution >= 0.6 is 0 Å². The normalized spacial score (nSPS) is 35.0. The molecule has 20 heavy (non-hydrogen) atoms. The van der Waals surface area contributed by atoms with Crippen molar-refractivity contribution in [3.63, 3.8) is 0 Å². The van der Waals surface area contributed by atoms with Crippen molar-refractivity contribution in [2.75, 3.05) is 0 Å². The first-order chi connectivity index (χ1) is 9.79. The van der Waals surface area contributed by atoms with Crippen molar-refractivity contribution in [2.45, 2.75) is 75.6 Å². The first-order valence-corrected chi connectivity index (χ1v) is 7.95. The summed E-state index contributed by atoms with van der Waals surface area (Å²) < 4.78 is 11.2. The molecular weight excluding hydrogens is 256 g/mol. The third-order valence-electron chi connectivity index (χ3n) is 5.25. The maximum Gasteiger partial charge on any atom is 0.229 e. The van der Waals surface area contributed by atoms with E-state index < -0.39 is 0 Å². The highest BCUT2D eigenvalue weighted by Crippen LogP contribution is 2.43. The molecule has 0 amide bonds. The van der Waals surface area contributed by atoms with E-state index in [2.05, 4.69) is 10.1 Å². The van der Waals surface area contributed by atoms with Gasteiger partial charge in [-0.1, -0.05) is 18.0 Å². The number of ether oxygens (including phenoxy) is 1. The van der Waals surface area contributed by atoms with E-state index in [1.165, 1.54) is 19.3 Å². The van der Waals surface area contributed by atoms with Gasteiger partial charge in [0.05, 0.1) is 30.7 Å². The van der Waals surface area contributed by atoms with Crippen LogP contribution in [0.25, 0.3) is 0 Å². The average Bonchev–Trinajstić information content (AvgIpc) is 3.22. The standard InChI is InChI=1S/C15H22N2O3/c18-12(9-3-1-2-4-9)8-14-16-15(17-20-14)11-7-10-5-6-13(11)19-10/h9-13,18H,1-8H2. The Kier molecular flexibility index (Phi) is 3.27. The summed E-state index contributed by atoms with van der Waals surface area (Å²) in [6.45, 7) is 0. The predicted octanol–water partition coefficient (Wildman–Crippen LogP) is 2.20. The zero-order chi connectivity index (χ0) is 13.5. The second-order valence-electron chi connectivity index (χ2n) is 6.58. The molecule has 3 heterocycles. The Balaban J connectivity index is 1.40. The van der Waals surface area contributed by atoms with Crippen LogP contribution in [0.2, 0.25) is 0 Å². The van der Waals surface area contributed by atoms with E-state index in [1.807, 2.05) is 0 Å². The molecule has 0 spiro atoms. The fourth-order valence-electron chi connectivity index (χ4n) is 4.10. The Morgan fingerprint density at radius 1 is 1.20 bits per heavy atom. The van der Waals surface area contributed by atoms with E-state index in [0.29, 0.717) is 30.3 Å². The second kappa shape index (κ2) is 5.11. The number of aliphatic hydroxyl groups is 1. The Morgan fingerprint density at radius 3 is 2.75 bits per heavy atom. The minimum atomic E-state index is -0.331. The van der Waals surface area contributed by atoms with Crippen molar-refractivity contribution in [1.29, 1.82) is 0 Å². The van der Waals surface area contributed by atoms with E-state index in [0.717, 1.165) is 31.5 Å². The molecule has 110 valence electrons. The Morgan fingerprint density at radius 2 is 2.05 bits per heavy atom. The second-order valence-corrected chi connectivity index (χ2v) is 6.58. The number of rotatable bonds is 4. The van der Waals surface area contributed by atoms with E-state index >= 15 is 0 Å². The molecule has 2 saturated heterocycles. The Bertz CT molecular complexity index is 469. The van der Waals surface area contributed by atoms with Crippen LogP contribution in [0.15, 0.2) is 4.52 Å². The van der Waals surface area contributed by atoms with Crippen LogP contribution in [-0.4, -0.2) is 33.6 Å². The van der Waals surface area contributed by atoms with Crippen LogP contribution in [0.4, 0.5) is 0 Å². The Labute approximate surface area is 118 Å². The van der Waals surface area contributed by atoms with Crippen molar-refractivity contribution < 1.29 is 14.4 Å². The van der Waals surface area contributed by atoms with E-state index in [1.54, 1.807) is 0 Å². The molecule has 0 radical (unpaired) electrons. The summed E-state index contributed by atoms with van der Waals surface area (Å²) in [5, 5.41) is 14.3. The molecule has 5 nitrogen and oxygen atoms in total. The molecule has 1 saturated carbocycles. The largest absolute Gasteiger partial charge is 0.392 e. The van der Waals surface area contributed by atoms with Gasteiger partial charge >= 0.3 is 0 Å². The summed E-state index contributed by atoms with van der Waals surface area (Å²) in [5.74, 6) is 2.08. The Hall–Kier alpha value is -0.940. The van der Waals surface area contributed by atoms with Crippen LogP contribution < -0.4 is 0 Å². The van der Waals surface area contributed by atoms with Gasteiger partial charge in [0.25, 0.3) is 0 Å². The molecule has 0 aromatic carbocycles. The molecule has 4 rings (SSSR count). The smallest absolute Gasteiger partial charge is 0.229 e. The van der Waals surface area contributed by atoms with Crippen molar-refractivity contribution in [3.8, 4) is 0 Å². The lowest BCUT2D eigenvalue weighted by Gasteiger charge is -2.15. The summed E-state index contributed by atoms with van der Waals surface area (Å²) >= 11 is 0. The fraction of sp³-hybridized carbons (Fsp3) is 0.867. The minimum Gasteiger partial charge on any atom is -0.392 e. The quantitative estimate of drug-likeness (QED) is 0.914. The lowest BCUT2D eigenvalue weighted by Crippen LogP contribution is -2.20. The molecule has 1 aliphatic carbocycles. The summed E-state index contributed by atoms with van der Waals surface area (Å²) in [6, 6.07) is 0. The monoisotopic (exact) mass is 278 g/mol. The molecule has 5 heteroatoms. The van der Waals surface area contributed by atoms with Crippen LogP contribution in [0, 0.1) is 5.92 Å². The van der Waals surface area contributed by atoms with Crippen molar-refractivity contribution in [3.05, 3.63) is 11.7 Å². The summed E-state index contributed by atoms with van der Waals surface area (Å²) in [6.07, 6.45) is 8.89. The SMILES string of the molecule is OC(Cc1nc(C2CC3CCC2O3)no1)C1CCCC1. The van der Waals surface area contributed by atoms with Gasteiger partial charge in [-0.15, -0.1) is 0 Å². The summed E-state index contributed by atoms with van der Waals surface area (Å²) in [5.41, 5.74) is 0. The topological polar surface area (TPSA) is 68.4 Å². The van der Waals surface area contributed by atoms with Gasteiger partial charge in [0, 0.05) is 0 Å². The van der Waals surface area contributed by atoms with Gasteiger partial charge in [-0.05, 0) is 38.0 Å². The molecule has 3 aliphatic rings. The summed E-state index contributed by atoms with van der Waals surface area (Å²) in [4.78, 5) is 4.50. The number of fused-ring (bicyclic) bond motifs is 2. The van der Waals surface area contributed by atoms with E-state index in [4.69, 9.17) is 9.26 Å². The van der Waals surface area contributed by atoms with Gasteiger partial charge in [0.1, 0.15) is 0 Å². The first-order valence-electron chi connectivity index (χ1n) is 7.95. The number of aromatic nitrogens is 2. The van der Waals surface area contributed by atoms with E-state index in [9.17, 15) is 5.11 Å². The lowest BCUT2D eigenvalue weighted by atomic mass is 9.89. The van der Waals surface area contributed by atoms with Gasteiger partial charge in [0.2, 0.25) is 5.89 Å². The average molecular weight is 278 g/mol. The molecule has 1 aromatic rings. The molecule has 1 aromatic heterocycles. The van der Waals surface area contributed by atoms with Crippen molar-refractivity contribution >= 4 is 0 Å². The van der Waals surface area contributed by atoms with Gasteiger partial charge in [-0.2, -0.15) is 4.98 Å². The van der Waals surface area contributed by atoms with Gasteiger partial charge < -0.3 is 14.4 Å². The fourth-order valence-corrected chi connectivity index (χ4v) is 4.10. The third kappa shape index (κ3) is 2.27. The zero-order valence-corrected chi connectivity index (χ0v) is 11.7. The molecule has 3 fully saturated rings. The van der Waals surface area contributed by atoms with Crippen molar-refractivity contribution in [2.24, 2.45) is 5.92 Å². The lowest BCUT2D eigenvalue weighted by molar-refractivity contribution is 0.0994. The number of aliphatic hydroxyl groups excluding tert-OH is 1. The van der Waals surface area contributed by atoms with Crippen LogP contribution in [0.5, 0.6) is 0 Å². The maximum absolute atomic E-state index is 10.2. The molecule has 1 N–H and O–H groups in total. The van der Waals surface area contributed by atoms with Crippen molar-refractivity contribution in [1.82, 2.24) is 10.1 Å². The van der Waals surface area contributed by atoms with Gasteiger partial charge in [-0.3, -0.25) is 0 Å². The van der Waals surface area contributed by atoms with Crippen LogP contribution in [-0.2, 0) is 11.2 Å². The predicted molar refractivity (Wildman–Crippen MR) is 71.2 cm³/mol. The highest BCUT2D eigenvalue weighted by atomic mass is 16.5. The maximum atomic E-state index is 10.2. The first kappa shape index (κ1) is 12.8. The molecule has 2 aliphatic heterocycles. The highest BCUT2D eigenvalue weighted by molar-refractivity contribution is 5.07. The molecule has 4 atom stereocenters. The molecular formula is C15H22N2O3. The van der Waals surface area contributed by atoms with Crippen LogP contribution in [0.1, 0.15) is 62.6 Å². The van der Waals surface area contributed by atoms with Gasteiger partial charge in [0.15, 0.2) is 5.82 Å². The highest BCUT2D eigenvalue weighted by Gasteiger charge is 2.43.